The Bertz CT molecular complexity index is 356. The van der Waals surface area contributed by atoms with Gasteiger partial charge >= 0.3 is 0 Å². The van der Waals surface area contributed by atoms with Gasteiger partial charge in [0.1, 0.15) is 5.78 Å². The molecular formula is C20H37NO3. The Kier molecular flexibility index (Phi) is 11.0. The number of rotatable bonds is 7. The molecule has 0 unspecified atom stereocenters. The monoisotopic (exact) mass is 339 g/mol. The summed E-state index contributed by atoms with van der Waals surface area (Å²) in [6.07, 6.45) is 14.2. The van der Waals surface area contributed by atoms with Crippen LogP contribution in [0, 0.1) is 11.8 Å². The SMILES string of the molecule is CC(C)C(=O)C1CCCCC1.NC(=O)CCCOC1CCCCC1. The minimum atomic E-state index is -0.229. The first-order valence-electron chi connectivity index (χ1n) is 9.94. The number of ketones is 1. The molecule has 0 radical (unpaired) electrons. The van der Waals surface area contributed by atoms with Crippen LogP contribution in [-0.4, -0.2) is 24.4 Å². The molecule has 0 aromatic rings. The van der Waals surface area contributed by atoms with E-state index in [2.05, 4.69) is 0 Å². The van der Waals surface area contributed by atoms with Gasteiger partial charge in [0.2, 0.25) is 5.91 Å². The predicted molar refractivity (Wildman–Crippen MR) is 97.7 cm³/mol. The molecule has 2 aliphatic rings. The molecule has 0 aliphatic heterocycles. The quantitative estimate of drug-likeness (QED) is 0.699. The Labute approximate surface area is 147 Å². The third kappa shape index (κ3) is 9.41. The summed E-state index contributed by atoms with van der Waals surface area (Å²) in [6.45, 7) is 4.71. The molecule has 2 aliphatic carbocycles. The van der Waals surface area contributed by atoms with Gasteiger partial charge in [0.05, 0.1) is 6.10 Å². The van der Waals surface area contributed by atoms with Crippen LogP contribution in [0.1, 0.15) is 90.9 Å². The van der Waals surface area contributed by atoms with Crippen molar-refractivity contribution in [2.45, 2.75) is 97.0 Å². The molecule has 0 saturated heterocycles. The van der Waals surface area contributed by atoms with Gasteiger partial charge in [-0.1, -0.05) is 52.4 Å². The molecule has 0 bridgehead atoms. The van der Waals surface area contributed by atoms with Crippen molar-refractivity contribution in [3.8, 4) is 0 Å². The van der Waals surface area contributed by atoms with E-state index in [4.69, 9.17) is 10.5 Å². The van der Waals surface area contributed by atoms with E-state index in [9.17, 15) is 9.59 Å². The molecule has 0 heterocycles. The molecule has 2 N–H and O–H groups in total. The molecule has 2 saturated carbocycles. The fourth-order valence-electron chi connectivity index (χ4n) is 3.59. The van der Waals surface area contributed by atoms with E-state index in [0.29, 0.717) is 30.8 Å². The Morgan fingerprint density at radius 1 is 0.958 bits per heavy atom. The molecule has 0 aromatic carbocycles. The van der Waals surface area contributed by atoms with Gasteiger partial charge in [-0.15, -0.1) is 0 Å². The highest BCUT2D eigenvalue weighted by atomic mass is 16.5. The summed E-state index contributed by atoms with van der Waals surface area (Å²) >= 11 is 0. The number of hydrogen-bond acceptors (Lipinski definition) is 3. The molecule has 2 rings (SSSR count). The molecule has 2 fully saturated rings. The highest BCUT2D eigenvalue weighted by molar-refractivity contribution is 5.82. The largest absolute Gasteiger partial charge is 0.378 e. The fourth-order valence-corrected chi connectivity index (χ4v) is 3.59. The van der Waals surface area contributed by atoms with E-state index in [0.717, 1.165) is 19.3 Å². The van der Waals surface area contributed by atoms with E-state index in [-0.39, 0.29) is 11.8 Å². The molecule has 0 aromatic heterocycles. The number of carbonyl (C=O) groups is 2. The Morgan fingerprint density at radius 2 is 1.50 bits per heavy atom. The highest BCUT2D eigenvalue weighted by Crippen LogP contribution is 2.26. The lowest BCUT2D eigenvalue weighted by atomic mass is 9.83. The van der Waals surface area contributed by atoms with E-state index >= 15 is 0 Å². The second kappa shape index (κ2) is 12.5. The molecule has 0 atom stereocenters. The lowest BCUT2D eigenvalue weighted by Gasteiger charge is -2.21. The number of Topliss-reactive ketones (excluding diaryl/α,β-unsaturated/α-hetero) is 1. The maximum atomic E-state index is 11.5. The van der Waals surface area contributed by atoms with Crippen LogP contribution in [0.3, 0.4) is 0 Å². The number of carbonyl (C=O) groups excluding carboxylic acids is 2. The van der Waals surface area contributed by atoms with Crippen LogP contribution < -0.4 is 5.73 Å². The first kappa shape index (κ1) is 21.1. The van der Waals surface area contributed by atoms with Crippen molar-refractivity contribution < 1.29 is 14.3 Å². The van der Waals surface area contributed by atoms with Crippen molar-refractivity contribution in [2.75, 3.05) is 6.61 Å². The smallest absolute Gasteiger partial charge is 0.217 e. The van der Waals surface area contributed by atoms with Gasteiger partial charge in [0, 0.05) is 24.9 Å². The van der Waals surface area contributed by atoms with Gasteiger partial charge in [0.15, 0.2) is 0 Å². The average Bonchev–Trinajstić information content (AvgIpc) is 2.60. The van der Waals surface area contributed by atoms with Crippen LogP contribution >= 0.6 is 0 Å². The molecule has 1 amide bonds. The van der Waals surface area contributed by atoms with Gasteiger partial charge in [-0.2, -0.15) is 0 Å². The van der Waals surface area contributed by atoms with Crippen molar-refractivity contribution >= 4 is 11.7 Å². The van der Waals surface area contributed by atoms with Crippen molar-refractivity contribution in [1.82, 2.24) is 0 Å². The summed E-state index contributed by atoms with van der Waals surface area (Å²) < 4.78 is 5.63. The summed E-state index contributed by atoms with van der Waals surface area (Å²) in [6, 6.07) is 0. The predicted octanol–water partition coefficient (Wildman–Crippen LogP) is 4.39. The zero-order chi connectivity index (χ0) is 17.8. The number of primary amides is 1. The zero-order valence-corrected chi connectivity index (χ0v) is 15.7. The van der Waals surface area contributed by atoms with Crippen LogP contribution in [-0.2, 0) is 14.3 Å². The lowest BCUT2D eigenvalue weighted by molar-refractivity contribution is -0.126. The summed E-state index contributed by atoms with van der Waals surface area (Å²) in [7, 11) is 0. The van der Waals surface area contributed by atoms with Crippen LogP contribution in [0.15, 0.2) is 0 Å². The van der Waals surface area contributed by atoms with Crippen molar-refractivity contribution in [1.29, 1.82) is 0 Å². The zero-order valence-electron chi connectivity index (χ0n) is 15.7. The van der Waals surface area contributed by atoms with E-state index < -0.39 is 0 Å². The Balaban J connectivity index is 0.000000243. The maximum Gasteiger partial charge on any atom is 0.217 e. The molecule has 4 nitrogen and oxygen atoms in total. The third-order valence-corrected chi connectivity index (χ3v) is 5.05. The van der Waals surface area contributed by atoms with Crippen molar-refractivity contribution in [3.05, 3.63) is 0 Å². The van der Waals surface area contributed by atoms with Gasteiger partial charge in [-0.05, 0) is 32.1 Å². The Hall–Kier alpha value is -0.900. The maximum absolute atomic E-state index is 11.5. The fraction of sp³-hybridized carbons (Fsp3) is 0.900. The highest BCUT2D eigenvalue weighted by Gasteiger charge is 2.22. The third-order valence-electron chi connectivity index (χ3n) is 5.05. The van der Waals surface area contributed by atoms with Crippen molar-refractivity contribution in [3.63, 3.8) is 0 Å². The first-order valence-corrected chi connectivity index (χ1v) is 9.94. The van der Waals surface area contributed by atoms with Crippen molar-refractivity contribution in [2.24, 2.45) is 17.6 Å². The molecule has 4 heteroatoms. The second-order valence-corrected chi connectivity index (χ2v) is 7.59. The molecular weight excluding hydrogens is 302 g/mol. The number of ether oxygens (including phenoxy) is 1. The van der Waals surface area contributed by atoms with Crippen LogP contribution in [0.5, 0.6) is 0 Å². The van der Waals surface area contributed by atoms with Gasteiger partial charge in [-0.3, -0.25) is 9.59 Å². The van der Waals surface area contributed by atoms with E-state index in [1.807, 2.05) is 13.8 Å². The minimum absolute atomic E-state index is 0.229. The lowest BCUT2D eigenvalue weighted by Crippen LogP contribution is -2.21. The topological polar surface area (TPSA) is 69.4 Å². The summed E-state index contributed by atoms with van der Waals surface area (Å²) in [5.41, 5.74) is 5.02. The molecule has 140 valence electrons. The summed E-state index contributed by atoms with van der Waals surface area (Å²) in [5, 5.41) is 0. The van der Waals surface area contributed by atoms with Gasteiger partial charge < -0.3 is 10.5 Å². The van der Waals surface area contributed by atoms with Crippen LogP contribution in [0.25, 0.3) is 0 Å². The minimum Gasteiger partial charge on any atom is -0.378 e. The summed E-state index contributed by atoms with van der Waals surface area (Å²) in [5.74, 6) is 0.916. The van der Waals surface area contributed by atoms with Crippen LogP contribution in [0.2, 0.25) is 0 Å². The number of hydrogen-bond donors (Lipinski definition) is 1. The van der Waals surface area contributed by atoms with Gasteiger partial charge in [0.25, 0.3) is 0 Å². The molecule has 0 spiro atoms. The van der Waals surface area contributed by atoms with Gasteiger partial charge in [-0.25, -0.2) is 0 Å². The average molecular weight is 340 g/mol. The second-order valence-electron chi connectivity index (χ2n) is 7.59. The summed E-state index contributed by atoms with van der Waals surface area (Å²) in [4.78, 5) is 21.9. The van der Waals surface area contributed by atoms with E-state index in [1.165, 1.54) is 51.4 Å². The van der Waals surface area contributed by atoms with E-state index in [1.54, 1.807) is 0 Å². The first-order chi connectivity index (χ1) is 11.5. The number of amides is 1. The normalized spacial score (nSPS) is 19.6. The standard InChI is InChI=1S/C10H19NO2.C10H18O/c11-10(12)7-4-8-13-9-5-2-1-3-6-9;1-8(2)10(11)9-6-4-3-5-7-9/h9H,1-8H2,(H2,11,12);8-9H,3-7H2,1-2H3. The molecule has 24 heavy (non-hydrogen) atoms. The van der Waals surface area contributed by atoms with Crippen LogP contribution in [0.4, 0.5) is 0 Å². The number of nitrogens with two attached hydrogens (primary N) is 1. The Morgan fingerprint density at radius 3 is 2.00 bits per heavy atom.